The van der Waals surface area contributed by atoms with E-state index in [-0.39, 0.29) is 12.5 Å². The predicted octanol–water partition coefficient (Wildman–Crippen LogP) is 2.70. The molecular formula is C26H32N6O4. The quantitative estimate of drug-likeness (QED) is 0.495. The van der Waals surface area contributed by atoms with E-state index >= 15 is 0 Å². The maximum absolute atomic E-state index is 12.8. The zero-order valence-electron chi connectivity index (χ0n) is 20.6. The smallest absolute Gasteiger partial charge is 0.410 e. The van der Waals surface area contributed by atoms with Crippen molar-refractivity contribution in [2.24, 2.45) is 5.73 Å². The molecule has 4 rings (SSSR count). The van der Waals surface area contributed by atoms with Gasteiger partial charge in [-0.1, -0.05) is 48.6 Å². The molecule has 1 atom stereocenters. The maximum Gasteiger partial charge on any atom is 0.410 e. The number of nitrogens with two attached hydrogens (primary N) is 1. The topological polar surface area (TPSA) is 124 Å². The number of fused-ring (bicyclic) bond motifs is 1. The summed E-state index contributed by atoms with van der Waals surface area (Å²) in [7, 11) is 0. The standard InChI is InChI=1S/C26H32N6O4/c1-26(2,27)24(33)28-21(12-6-10-19-8-4-3-5-9-19)23-30-29-22-13-7-11-20(32(22)23)18-36-25(34)31-14-16-35-17-15-31/h3-11,13,21H,12,14-18,27H2,1-2H3,(H,28,33)/b10-6+/t21-/m1/s1. The van der Waals surface area contributed by atoms with Crippen LogP contribution in [0.15, 0.2) is 54.6 Å². The van der Waals surface area contributed by atoms with Crippen LogP contribution >= 0.6 is 0 Å². The fourth-order valence-electron chi connectivity index (χ4n) is 3.82. The van der Waals surface area contributed by atoms with Crippen LogP contribution < -0.4 is 11.1 Å². The van der Waals surface area contributed by atoms with Gasteiger partial charge in [-0.2, -0.15) is 0 Å². The van der Waals surface area contributed by atoms with Crippen molar-refractivity contribution >= 4 is 23.7 Å². The van der Waals surface area contributed by atoms with Crippen LogP contribution in [0.5, 0.6) is 0 Å². The minimum atomic E-state index is -1.07. The fraction of sp³-hybridized carbons (Fsp3) is 0.385. The Kier molecular flexibility index (Phi) is 7.97. The third kappa shape index (κ3) is 6.27. The lowest BCUT2D eigenvalue weighted by Gasteiger charge is -2.26. The molecule has 190 valence electrons. The van der Waals surface area contributed by atoms with E-state index in [1.807, 2.05) is 65.1 Å². The highest BCUT2D eigenvalue weighted by atomic mass is 16.6. The summed E-state index contributed by atoms with van der Waals surface area (Å²) in [5, 5.41) is 11.7. The van der Waals surface area contributed by atoms with Crippen molar-refractivity contribution in [3.8, 4) is 0 Å². The predicted molar refractivity (Wildman–Crippen MR) is 135 cm³/mol. The van der Waals surface area contributed by atoms with Crippen molar-refractivity contribution in [1.29, 1.82) is 0 Å². The number of hydrogen-bond donors (Lipinski definition) is 2. The van der Waals surface area contributed by atoms with Gasteiger partial charge in [-0.25, -0.2) is 4.79 Å². The Labute approximate surface area is 210 Å². The molecular weight excluding hydrogens is 460 g/mol. The van der Waals surface area contributed by atoms with Crippen molar-refractivity contribution < 1.29 is 19.1 Å². The molecule has 0 spiro atoms. The van der Waals surface area contributed by atoms with Crippen molar-refractivity contribution in [1.82, 2.24) is 24.8 Å². The molecule has 36 heavy (non-hydrogen) atoms. The number of carbonyl (C=O) groups excluding carboxylic acids is 2. The molecule has 0 unspecified atom stereocenters. The molecule has 10 nitrogen and oxygen atoms in total. The second-order valence-electron chi connectivity index (χ2n) is 9.22. The molecule has 2 amide bonds. The number of hydrogen-bond acceptors (Lipinski definition) is 7. The molecule has 10 heteroatoms. The largest absolute Gasteiger partial charge is 0.443 e. The number of amides is 2. The van der Waals surface area contributed by atoms with Crippen LogP contribution in [0.2, 0.25) is 0 Å². The molecule has 3 heterocycles. The van der Waals surface area contributed by atoms with E-state index in [0.29, 0.717) is 49.9 Å². The SMILES string of the molecule is CC(C)(N)C(=O)N[C@H](C/C=C/c1ccccc1)c1nnc2cccc(COC(=O)N3CCOCC3)n12. The minimum Gasteiger partial charge on any atom is -0.443 e. The Hall–Kier alpha value is -3.76. The van der Waals surface area contributed by atoms with E-state index in [0.717, 1.165) is 5.56 Å². The molecule has 3 N–H and O–H groups in total. The maximum atomic E-state index is 12.8. The Balaban J connectivity index is 1.59. The number of nitrogens with one attached hydrogen (secondary N) is 1. The number of benzene rings is 1. The third-order valence-electron chi connectivity index (χ3n) is 5.83. The monoisotopic (exact) mass is 492 g/mol. The molecule has 2 aromatic heterocycles. The number of morpholine rings is 1. The lowest BCUT2D eigenvalue weighted by atomic mass is 10.0. The van der Waals surface area contributed by atoms with Gasteiger partial charge in [0, 0.05) is 13.1 Å². The van der Waals surface area contributed by atoms with Gasteiger partial charge in [0.05, 0.1) is 30.5 Å². The van der Waals surface area contributed by atoms with Crippen molar-refractivity contribution in [2.75, 3.05) is 26.3 Å². The molecule has 1 fully saturated rings. The first-order valence-corrected chi connectivity index (χ1v) is 12.0. The zero-order chi connectivity index (χ0) is 25.5. The Morgan fingerprint density at radius 1 is 1.14 bits per heavy atom. The minimum absolute atomic E-state index is 0.0292. The van der Waals surface area contributed by atoms with Gasteiger partial charge in [0.1, 0.15) is 6.61 Å². The first kappa shape index (κ1) is 25.3. The number of ether oxygens (including phenoxy) is 2. The summed E-state index contributed by atoms with van der Waals surface area (Å²) in [5.74, 6) is 0.215. The van der Waals surface area contributed by atoms with Crippen LogP contribution in [0.4, 0.5) is 4.79 Å². The number of pyridine rings is 1. The molecule has 1 aliphatic rings. The molecule has 1 saturated heterocycles. The van der Waals surface area contributed by atoms with Crippen molar-refractivity contribution in [2.45, 2.75) is 38.5 Å². The average molecular weight is 493 g/mol. The Morgan fingerprint density at radius 2 is 1.89 bits per heavy atom. The number of rotatable bonds is 8. The second kappa shape index (κ2) is 11.3. The second-order valence-corrected chi connectivity index (χ2v) is 9.22. The van der Waals surface area contributed by atoms with E-state index < -0.39 is 17.7 Å². The van der Waals surface area contributed by atoms with E-state index in [1.54, 1.807) is 18.7 Å². The summed E-state index contributed by atoms with van der Waals surface area (Å²) < 4.78 is 12.7. The van der Waals surface area contributed by atoms with Crippen LogP contribution in [0.25, 0.3) is 11.7 Å². The normalized spacial score (nSPS) is 15.2. The highest BCUT2D eigenvalue weighted by Crippen LogP contribution is 2.21. The van der Waals surface area contributed by atoms with Crippen LogP contribution in [-0.4, -0.2) is 63.3 Å². The highest BCUT2D eigenvalue weighted by Gasteiger charge is 2.28. The highest BCUT2D eigenvalue weighted by molar-refractivity contribution is 5.85. The summed E-state index contributed by atoms with van der Waals surface area (Å²) in [6, 6.07) is 14.9. The van der Waals surface area contributed by atoms with E-state index in [4.69, 9.17) is 15.2 Å². The number of carbonyl (C=O) groups is 2. The van der Waals surface area contributed by atoms with Crippen LogP contribution in [0.1, 0.15) is 43.4 Å². The average Bonchev–Trinajstić information content (AvgIpc) is 3.32. The Bertz CT molecular complexity index is 1210. The van der Waals surface area contributed by atoms with Gasteiger partial charge in [0.25, 0.3) is 0 Å². The summed E-state index contributed by atoms with van der Waals surface area (Å²) in [4.78, 5) is 27.0. The van der Waals surface area contributed by atoms with Gasteiger partial charge in [-0.3, -0.25) is 9.20 Å². The molecule has 0 radical (unpaired) electrons. The lowest BCUT2D eigenvalue weighted by molar-refractivity contribution is -0.126. The lowest BCUT2D eigenvalue weighted by Crippen LogP contribution is -2.50. The first-order chi connectivity index (χ1) is 17.3. The number of nitrogens with zero attached hydrogens (tertiary/aromatic N) is 4. The van der Waals surface area contributed by atoms with E-state index in [9.17, 15) is 9.59 Å². The zero-order valence-corrected chi connectivity index (χ0v) is 20.6. The van der Waals surface area contributed by atoms with Gasteiger partial charge in [-0.15, -0.1) is 10.2 Å². The van der Waals surface area contributed by atoms with E-state index in [1.165, 1.54) is 0 Å². The third-order valence-corrected chi connectivity index (χ3v) is 5.83. The summed E-state index contributed by atoms with van der Waals surface area (Å²) >= 11 is 0. The Morgan fingerprint density at radius 3 is 2.61 bits per heavy atom. The molecule has 1 aliphatic heterocycles. The van der Waals surface area contributed by atoms with Crippen molar-refractivity contribution in [3.63, 3.8) is 0 Å². The summed E-state index contributed by atoms with van der Waals surface area (Å²) in [6.45, 7) is 5.32. The molecule has 3 aromatic rings. The molecule has 0 saturated carbocycles. The number of aromatic nitrogens is 3. The van der Waals surface area contributed by atoms with Gasteiger partial charge in [-0.05, 0) is 38.0 Å². The van der Waals surface area contributed by atoms with Crippen molar-refractivity contribution in [3.05, 3.63) is 71.7 Å². The van der Waals surface area contributed by atoms with Gasteiger partial charge in [0.15, 0.2) is 11.5 Å². The van der Waals surface area contributed by atoms with Gasteiger partial charge < -0.3 is 25.4 Å². The van der Waals surface area contributed by atoms with Crippen LogP contribution in [0.3, 0.4) is 0 Å². The fourth-order valence-corrected chi connectivity index (χ4v) is 3.82. The van der Waals surface area contributed by atoms with E-state index in [2.05, 4.69) is 15.5 Å². The summed E-state index contributed by atoms with van der Waals surface area (Å²) in [5.41, 5.74) is 7.30. The molecule has 0 bridgehead atoms. The first-order valence-electron chi connectivity index (χ1n) is 12.0. The van der Waals surface area contributed by atoms with Gasteiger partial charge >= 0.3 is 6.09 Å². The van der Waals surface area contributed by atoms with Gasteiger partial charge in [0.2, 0.25) is 5.91 Å². The summed E-state index contributed by atoms with van der Waals surface area (Å²) in [6.07, 6.45) is 4.03. The van der Waals surface area contributed by atoms with Crippen LogP contribution in [0, 0.1) is 0 Å². The molecule has 0 aliphatic carbocycles. The molecule has 1 aromatic carbocycles. The van der Waals surface area contributed by atoms with Crippen LogP contribution in [-0.2, 0) is 20.9 Å².